The summed E-state index contributed by atoms with van der Waals surface area (Å²) in [4.78, 5) is 2.40. The van der Waals surface area contributed by atoms with Gasteiger partial charge in [-0.15, -0.1) is 0 Å². The maximum absolute atomic E-state index is 6.39. The van der Waals surface area contributed by atoms with E-state index in [0.717, 1.165) is 19.0 Å². The van der Waals surface area contributed by atoms with Crippen LogP contribution in [0, 0.1) is 17.3 Å². The highest BCUT2D eigenvalue weighted by atomic mass is 15.2. The van der Waals surface area contributed by atoms with Crippen molar-refractivity contribution in [2.24, 2.45) is 30.0 Å². The number of hydrogen-bond donors (Lipinski definition) is 1. The molecule has 0 radical (unpaired) electrons. The summed E-state index contributed by atoms with van der Waals surface area (Å²) in [6.07, 6.45) is 7.77. The highest BCUT2D eigenvalue weighted by molar-refractivity contribution is 5.03. The molecule has 4 heteroatoms. The van der Waals surface area contributed by atoms with Crippen molar-refractivity contribution in [3.05, 3.63) is 18.0 Å². The van der Waals surface area contributed by atoms with Gasteiger partial charge in [-0.2, -0.15) is 5.10 Å². The highest BCUT2D eigenvalue weighted by Gasteiger charge is 2.34. The summed E-state index contributed by atoms with van der Waals surface area (Å²) in [6.45, 7) is 9.14. The largest absolute Gasteiger partial charge is 0.327 e. The van der Waals surface area contributed by atoms with Crippen LogP contribution in [0.1, 0.15) is 45.6 Å². The van der Waals surface area contributed by atoms with Gasteiger partial charge in [0.05, 0.1) is 6.20 Å². The minimum Gasteiger partial charge on any atom is -0.327 e. The van der Waals surface area contributed by atoms with Gasteiger partial charge in [0, 0.05) is 37.9 Å². The van der Waals surface area contributed by atoms with Crippen molar-refractivity contribution in [2.45, 2.75) is 52.6 Å². The fourth-order valence-electron chi connectivity index (χ4n) is 3.61. The number of nitrogens with two attached hydrogens (primary N) is 1. The van der Waals surface area contributed by atoms with Crippen LogP contribution >= 0.6 is 0 Å². The average Bonchev–Trinajstić information content (AvgIpc) is 2.76. The van der Waals surface area contributed by atoms with Gasteiger partial charge in [-0.05, 0) is 43.6 Å². The van der Waals surface area contributed by atoms with E-state index in [-0.39, 0.29) is 0 Å². The van der Waals surface area contributed by atoms with Gasteiger partial charge >= 0.3 is 0 Å². The van der Waals surface area contributed by atoms with Crippen LogP contribution < -0.4 is 5.73 Å². The quantitative estimate of drug-likeness (QED) is 0.928. The summed E-state index contributed by atoms with van der Waals surface area (Å²) in [5, 5.41) is 4.24. The third kappa shape index (κ3) is 4.55. The van der Waals surface area contributed by atoms with Gasteiger partial charge < -0.3 is 10.6 Å². The van der Waals surface area contributed by atoms with Crippen LogP contribution in [-0.4, -0.2) is 34.3 Å². The number of aromatic nitrogens is 2. The van der Waals surface area contributed by atoms with Gasteiger partial charge in [-0.3, -0.25) is 4.68 Å². The number of rotatable bonds is 4. The molecule has 1 heterocycles. The van der Waals surface area contributed by atoms with E-state index in [4.69, 9.17) is 5.73 Å². The van der Waals surface area contributed by atoms with Crippen molar-refractivity contribution in [3.8, 4) is 0 Å². The Balaban J connectivity index is 1.90. The zero-order valence-corrected chi connectivity index (χ0v) is 14.3. The smallest absolute Gasteiger partial charge is 0.0534 e. The van der Waals surface area contributed by atoms with Crippen LogP contribution in [0.4, 0.5) is 0 Å². The first-order chi connectivity index (χ1) is 9.75. The molecule has 2 N–H and O–H groups in total. The van der Waals surface area contributed by atoms with Crippen molar-refractivity contribution in [2.75, 3.05) is 13.6 Å². The van der Waals surface area contributed by atoms with E-state index in [0.29, 0.717) is 17.4 Å². The van der Waals surface area contributed by atoms with Gasteiger partial charge in [0.2, 0.25) is 0 Å². The second-order valence-electron chi connectivity index (χ2n) is 8.02. The zero-order valence-electron chi connectivity index (χ0n) is 14.3. The lowest BCUT2D eigenvalue weighted by Gasteiger charge is -2.41. The van der Waals surface area contributed by atoms with Crippen molar-refractivity contribution < 1.29 is 0 Å². The second kappa shape index (κ2) is 6.49. The van der Waals surface area contributed by atoms with E-state index in [1.165, 1.54) is 24.8 Å². The first-order valence-electron chi connectivity index (χ1n) is 8.17. The Labute approximate surface area is 129 Å². The first kappa shape index (κ1) is 16.5. The van der Waals surface area contributed by atoms with Gasteiger partial charge in [0.25, 0.3) is 0 Å². The van der Waals surface area contributed by atoms with E-state index < -0.39 is 0 Å². The third-order valence-electron chi connectivity index (χ3n) is 5.02. The molecule has 4 nitrogen and oxygen atoms in total. The minimum atomic E-state index is 0.361. The molecule has 0 saturated heterocycles. The topological polar surface area (TPSA) is 47.1 Å². The molecule has 1 aliphatic carbocycles. The lowest BCUT2D eigenvalue weighted by Crippen LogP contribution is -2.44. The molecule has 0 aliphatic heterocycles. The normalized spacial score (nSPS) is 27.3. The lowest BCUT2D eigenvalue weighted by atomic mass is 9.67. The molecule has 2 rings (SSSR count). The highest BCUT2D eigenvalue weighted by Crippen LogP contribution is 2.40. The summed E-state index contributed by atoms with van der Waals surface area (Å²) in [7, 11) is 4.16. The van der Waals surface area contributed by atoms with Crippen molar-refractivity contribution >= 4 is 0 Å². The summed E-state index contributed by atoms with van der Waals surface area (Å²) < 4.78 is 1.87. The Bertz CT molecular complexity index is 446. The van der Waals surface area contributed by atoms with Gasteiger partial charge in [-0.25, -0.2) is 0 Å². The molecule has 0 aromatic carbocycles. The molecule has 1 saturated carbocycles. The fraction of sp³-hybridized carbons (Fsp3) is 0.824. The molecule has 1 aromatic rings. The predicted molar refractivity (Wildman–Crippen MR) is 87.8 cm³/mol. The maximum atomic E-state index is 6.39. The summed E-state index contributed by atoms with van der Waals surface area (Å²) >= 11 is 0. The van der Waals surface area contributed by atoms with E-state index >= 15 is 0 Å². The van der Waals surface area contributed by atoms with Crippen LogP contribution in [-0.2, 0) is 13.6 Å². The standard InChI is InChI=1S/C17H32N4/c1-17(2,3)15-6-7-16(18)14(8-15)12-20(4)10-13-9-19-21(5)11-13/h9,11,14-16H,6-8,10,12,18H2,1-5H3. The van der Waals surface area contributed by atoms with Gasteiger partial charge in [-0.1, -0.05) is 20.8 Å². The van der Waals surface area contributed by atoms with Gasteiger partial charge in [0.15, 0.2) is 0 Å². The van der Waals surface area contributed by atoms with Crippen LogP contribution in [0.3, 0.4) is 0 Å². The molecule has 1 fully saturated rings. The van der Waals surface area contributed by atoms with E-state index in [9.17, 15) is 0 Å². The number of aryl methyl sites for hydroxylation is 1. The molecule has 3 atom stereocenters. The number of hydrogen-bond acceptors (Lipinski definition) is 3. The Morgan fingerprint density at radius 2 is 2.10 bits per heavy atom. The monoisotopic (exact) mass is 292 g/mol. The lowest BCUT2D eigenvalue weighted by molar-refractivity contribution is 0.104. The summed E-state index contributed by atoms with van der Waals surface area (Å²) in [6, 6.07) is 0.361. The van der Waals surface area contributed by atoms with Crippen LogP contribution in [0.15, 0.2) is 12.4 Å². The molecule has 120 valence electrons. The first-order valence-corrected chi connectivity index (χ1v) is 8.17. The molecule has 1 aromatic heterocycles. The Kier molecular flexibility index (Phi) is 5.10. The summed E-state index contributed by atoms with van der Waals surface area (Å²) in [5.74, 6) is 1.42. The SMILES string of the molecule is CN(Cc1cnn(C)c1)CC1CC(C(C)(C)C)CCC1N. The van der Waals surface area contributed by atoms with E-state index in [2.05, 4.69) is 44.0 Å². The fourth-order valence-corrected chi connectivity index (χ4v) is 3.61. The molecule has 0 bridgehead atoms. The molecule has 21 heavy (non-hydrogen) atoms. The molecule has 1 aliphatic rings. The molecular formula is C17H32N4. The maximum Gasteiger partial charge on any atom is 0.0534 e. The van der Waals surface area contributed by atoms with Crippen LogP contribution in [0.5, 0.6) is 0 Å². The Hall–Kier alpha value is -0.870. The third-order valence-corrected chi connectivity index (χ3v) is 5.02. The second-order valence-corrected chi connectivity index (χ2v) is 8.02. The summed E-state index contributed by atoms with van der Waals surface area (Å²) in [5.41, 5.74) is 8.07. The van der Waals surface area contributed by atoms with Gasteiger partial charge in [0.1, 0.15) is 0 Å². The minimum absolute atomic E-state index is 0.361. The van der Waals surface area contributed by atoms with E-state index in [1.54, 1.807) is 0 Å². The Morgan fingerprint density at radius 1 is 1.38 bits per heavy atom. The Morgan fingerprint density at radius 3 is 2.67 bits per heavy atom. The predicted octanol–water partition coefficient (Wildman–Crippen LogP) is 2.64. The molecular weight excluding hydrogens is 260 g/mol. The zero-order chi connectivity index (χ0) is 15.6. The van der Waals surface area contributed by atoms with Crippen molar-refractivity contribution in [1.82, 2.24) is 14.7 Å². The van der Waals surface area contributed by atoms with E-state index in [1.807, 2.05) is 17.9 Å². The number of nitrogens with zero attached hydrogens (tertiary/aromatic N) is 3. The van der Waals surface area contributed by atoms with Crippen LogP contribution in [0.25, 0.3) is 0 Å². The molecule has 0 spiro atoms. The average molecular weight is 292 g/mol. The van der Waals surface area contributed by atoms with Crippen molar-refractivity contribution in [1.29, 1.82) is 0 Å². The van der Waals surface area contributed by atoms with Crippen LogP contribution in [0.2, 0.25) is 0 Å². The molecule has 3 unspecified atom stereocenters. The molecule has 0 amide bonds. The van der Waals surface area contributed by atoms with Crippen molar-refractivity contribution in [3.63, 3.8) is 0 Å².